The zero-order chi connectivity index (χ0) is 13.3. The van der Waals surface area contributed by atoms with Crippen LogP contribution < -0.4 is 5.32 Å². The van der Waals surface area contributed by atoms with Crippen LogP contribution in [0.25, 0.3) is 11.3 Å². The van der Waals surface area contributed by atoms with Gasteiger partial charge in [-0.2, -0.15) is 0 Å². The van der Waals surface area contributed by atoms with Crippen molar-refractivity contribution in [3.63, 3.8) is 0 Å². The predicted octanol–water partition coefficient (Wildman–Crippen LogP) is 3.25. The Morgan fingerprint density at radius 1 is 1.06 bits per heavy atom. The smallest absolute Gasteiger partial charge is 0.152 e. The minimum atomic E-state index is -0.266. The summed E-state index contributed by atoms with van der Waals surface area (Å²) < 4.78 is 13.4. The number of hydrogen-bond acceptors (Lipinski definition) is 3. The van der Waals surface area contributed by atoms with Crippen molar-refractivity contribution < 1.29 is 4.39 Å². The van der Waals surface area contributed by atoms with Crippen molar-refractivity contribution in [2.45, 2.75) is 20.8 Å². The Kier molecular flexibility index (Phi) is 3.28. The molecule has 1 N–H and O–H groups in total. The largest absolute Gasteiger partial charge is 0.371 e. The molecule has 3 nitrogen and oxygen atoms in total. The van der Waals surface area contributed by atoms with Gasteiger partial charge in [-0.3, -0.25) is 0 Å². The van der Waals surface area contributed by atoms with Gasteiger partial charge in [0.15, 0.2) is 5.82 Å². The third-order valence-corrected chi connectivity index (χ3v) is 3.00. The number of halogens is 1. The van der Waals surface area contributed by atoms with Gasteiger partial charge in [-0.05, 0) is 38.5 Å². The normalized spacial score (nSPS) is 10.5. The summed E-state index contributed by atoms with van der Waals surface area (Å²) in [6.45, 7) is 5.75. The van der Waals surface area contributed by atoms with E-state index in [1.165, 1.54) is 12.1 Å². The van der Waals surface area contributed by atoms with Gasteiger partial charge in [0.1, 0.15) is 11.5 Å². The third-order valence-electron chi connectivity index (χ3n) is 3.00. The highest BCUT2D eigenvalue weighted by Crippen LogP contribution is 2.28. The van der Waals surface area contributed by atoms with E-state index in [4.69, 9.17) is 0 Å². The predicted molar refractivity (Wildman–Crippen MR) is 71.2 cm³/mol. The number of aryl methyl sites for hydroxylation is 3. The van der Waals surface area contributed by atoms with Crippen LogP contribution in [-0.4, -0.2) is 17.0 Å². The fourth-order valence-corrected chi connectivity index (χ4v) is 1.81. The number of rotatable bonds is 2. The van der Waals surface area contributed by atoms with Crippen LogP contribution >= 0.6 is 0 Å². The summed E-state index contributed by atoms with van der Waals surface area (Å²) in [7, 11) is 1.79. The van der Waals surface area contributed by atoms with Crippen LogP contribution in [0.1, 0.15) is 17.0 Å². The zero-order valence-electron chi connectivity index (χ0n) is 11.0. The third kappa shape index (κ3) is 2.18. The Morgan fingerprint density at radius 3 is 2.39 bits per heavy atom. The maximum Gasteiger partial charge on any atom is 0.152 e. The molecule has 0 bridgehead atoms. The molecule has 94 valence electrons. The number of benzene rings is 1. The van der Waals surface area contributed by atoms with Crippen molar-refractivity contribution in [2.75, 3.05) is 12.4 Å². The number of nitrogens with zero attached hydrogens (tertiary/aromatic N) is 2. The molecular weight excluding hydrogens is 229 g/mol. The van der Waals surface area contributed by atoms with Gasteiger partial charge in [-0.15, -0.1) is 0 Å². The highest BCUT2D eigenvalue weighted by molar-refractivity contribution is 5.74. The fraction of sp³-hybridized carbons (Fsp3) is 0.286. The minimum Gasteiger partial charge on any atom is -0.371 e. The standard InChI is InChI=1S/C14H16FN3/c1-8-5-6-11(15)7-12(8)13-14(16-4)18-10(3)9(2)17-13/h5-7H,1-4H3,(H,16,18). The van der Waals surface area contributed by atoms with E-state index in [1.54, 1.807) is 13.1 Å². The van der Waals surface area contributed by atoms with Gasteiger partial charge < -0.3 is 5.32 Å². The molecule has 0 spiro atoms. The molecule has 0 fully saturated rings. The molecule has 0 radical (unpaired) electrons. The van der Waals surface area contributed by atoms with Gasteiger partial charge in [0, 0.05) is 12.6 Å². The van der Waals surface area contributed by atoms with Crippen LogP contribution in [0.15, 0.2) is 18.2 Å². The molecular formula is C14H16FN3. The van der Waals surface area contributed by atoms with Crippen molar-refractivity contribution in [3.8, 4) is 11.3 Å². The first-order valence-corrected chi connectivity index (χ1v) is 5.82. The molecule has 2 rings (SSSR count). The minimum absolute atomic E-state index is 0.266. The summed E-state index contributed by atoms with van der Waals surface area (Å²) in [4.78, 5) is 8.97. The highest BCUT2D eigenvalue weighted by atomic mass is 19.1. The van der Waals surface area contributed by atoms with Crippen LogP contribution in [-0.2, 0) is 0 Å². The lowest BCUT2D eigenvalue weighted by Gasteiger charge is -2.12. The summed E-state index contributed by atoms with van der Waals surface area (Å²) in [5.74, 6) is 0.407. The maximum atomic E-state index is 13.4. The molecule has 1 heterocycles. The molecule has 0 aliphatic rings. The molecule has 0 atom stereocenters. The van der Waals surface area contributed by atoms with E-state index in [0.29, 0.717) is 11.5 Å². The number of nitrogens with one attached hydrogen (secondary N) is 1. The average Bonchev–Trinajstić information content (AvgIpc) is 2.35. The molecule has 1 aromatic carbocycles. The SMILES string of the molecule is CNc1nc(C)c(C)nc1-c1cc(F)ccc1C. The van der Waals surface area contributed by atoms with Crippen LogP contribution in [0.3, 0.4) is 0 Å². The Bertz CT molecular complexity index is 594. The second-order valence-electron chi connectivity index (χ2n) is 4.30. The first kappa shape index (κ1) is 12.5. The van der Waals surface area contributed by atoms with Crippen molar-refractivity contribution in [1.82, 2.24) is 9.97 Å². The Balaban J connectivity index is 2.69. The van der Waals surface area contributed by atoms with Crippen molar-refractivity contribution >= 4 is 5.82 Å². The number of anilines is 1. The van der Waals surface area contributed by atoms with Gasteiger partial charge >= 0.3 is 0 Å². The lowest BCUT2D eigenvalue weighted by molar-refractivity contribution is 0.628. The summed E-state index contributed by atoms with van der Waals surface area (Å²) in [5, 5.41) is 3.01. The molecule has 0 aliphatic carbocycles. The molecule has 0 saturated heterocycles. The van der Waals surface area contributed by atoms with E-state index in [-0.39, 0.29) is 5.82 Å². The van der Waals surface area contributed by atoms with Crippen LogP contribution in [0.4, 0.5) is 10.2 Å². The van der Waals surface area contributed by atoms with E-state index >= 15 is 0 Å². The molecule has 2 aromatic rings. The molecule has 0 aliphatic heterocycles. The van der Waals surface area contributed by atoms with Gasteiger partial charge in [0.2, 0.25) is 0 Å². The Hall–Kier alpha value is -1.97. The fourth-order valence-electron chi connectivity index (χ4n) is 1.81. The lowest BCUT2D eigenvalue weighted by Crippen LogP contribution is -2.03. The van der Waals surface area contributed by atoms with E-state index in [1.807, 2.05) is 20.8 Å². The number of aromatic nitrogens is 2. The van der Waals surface area contributed by atoms with Crippen molar-refractivity contribution in [3.05, 3.63) is 41.0 Å². The Labute approximate surface area is 106 Å². The summed E-state index contributed by atoms with van der Waals surface area (Å²) in [6, 6.07) is 4.70. The molecule has 0 unspecified atom stereocenters. The average molecular weight is 245 g/mol. The quantitative estimate of drug-likeness (QED) is 0.882. The number of hydrogen-bond donors (Lipinski definition) is 1. The van der Waals surface area contributed by atoms with Crippen LogP contribution in [0, 0.1) is 26.6 Å². The summed E-state index contributed by atoms with van der Waals surface area (Å²) >= 11 is 0. The monoisotopic (exact) mass is 245 g/mol. The zero-order valence-corrected chi connectivity index (χ0v) is 11.0. The van der Waals surface area contributed by atoms with E-state index < -0.39 is 0 Å². The van der Waals surface area contributed by atoms with Gasteiger partial charge in [-0.1, -0.05) is 6.07 Å². The van der Waals surface area contributed by atoms with E-state index in [0.717, 1.165) is 22.5 Å². The summed E-state index contributed by atoms with van der Waals surface area (Å²) in [5.41, 5.74) is 4.17. The second kappa shape index (κ2) is 4.72. The molecule has 0 amide bonds. The molecule has 4 heteroatoms. The Morgan fingerprint density at radius 2 is 1.72 bits per heavy atom. The van der Waals surface area contributed by atoms with Gasteiger partial charge in [0.25, 0.3) is 0 Å². The lowest BCUT2D eigenvalue weighted by atomic mass is 10.0. The van der Waals surface area contributed by atoms with Crippen molar-refractivity contribution in [2.24, 2.45) is 0 Å². The molecule has 18 heavy (non-hydrogen) atoms. The van der Waals surface area contributed by atoms with Gasteiger partial charge in [0.05, 0.1) is 11.4 Å². The van der Waals surface area contributed by atoms with Crippen LogP contribution in [0.2, 0.25) is 0 Å². The topological polar surface area (TPSA) is 37.8 Å². The molecule has 1 aromatic heterocycles. The van der Waals surface area contributed by atoms with Crippen LogP contribution in [0.5, 0.6) is 0 Å². The second-order valence-corrected chi connectivity index (χ2v) is 4.30. The van der Waals surface area contributed by atoms with Gasteiger partial charge in [-0.25, -0.2) is 14.4 Å². The first-order chi connectivity index (χ1) is 8.52. The van der Waals surface area contributed by atoms with E-state index in [9.17, 15) is 4.39 Å². The first-order valence-electron chi connectivity index (χ1n) is 5.82. The maximum absolute atomic E-state index is 13.4. The summed E-state index contributed by atoms with van der Waals surface area (Å²) in [6.07, 6.45) is 0. The van der Waals surface area contributed by atoms with E-state index in [2.05, 4.69) is 15.3 Å². The molecule has 0 saturated carbocycles. The highest BCUT2D eigenvalue weighted by Gasteiger charge is 2.13. The van der Waals surface area contributed by atoms with Crippen molar-refractivity contribution in [1.29, 1.82) is 0 Å².